The van der Waals surface area contributed by atoms with Crippen molar-refractivity contribution in [1.82, 2.24) is 25.0 Å². The van der Waals surface area contributed by atoms with Crippen molar-refractivity contribution >= 4 is 18.3 Å². The van der Waals surface area contributed by atoms with Crippen LogP contribution in [0.4, 0.5) is 0 Å². The van der Waals surface area contributed by atoms with E-state index in [9.17, 15) is 4.79 Å². The molecule has 0 spiro atoms. The number of aliphatic hydroxyl groups is 1. The molecule has 1 aromatic heterocycles. The molecule has 1 N–H and O–H groups in total. The summed E-state index contributed by atoms with van der Waals surface area (Å²) in [6.45, 7) is 3.24. The lowest BCUT2D eigenvalue weighted by atomic mass is 10.0. The minimum Gasteiger partial charge on any atom is -0.497 e. The van der Waals surface area contributed by atoms with Gasteiger partial charge in [-0.05, 0) is 48.5 Å². The van der Waals surface area contributed by atoms with E-state index in [0.29, 0.717) is 44.1 Å². The number of nitrogens with zero attached hydrogens (tertiary/aromatic N) is 5. The molecule has 0 unspecified atom stereocenters. The van der Waals surface area contributed by atoms with E-state index in [1.165, 1.54) is 0 Å². The van der Waals surface area contributed by atoms with Gasteiger partial charge in [0.05, 0.1) is 20.8 Å². The van der Waals surface area contributed by atoms with Crippen LogP contribution in [0.2, 0.25) is 0 Å². The van der Waals surface area contributed by atoms with Gasteiger partial charge in [-0.2, -0.15) is 0 Å². The van der Waals surface area contributed by atoms with E-state index in [4.69, 9.17) is 14.6 Å². The lowest BCUT2D eigenvalue weighted by Crippen LogP contribution is -2.49. The molecule has 0 saturated carbocycles. The van der Waals surface area contributed by atoms with Gasteiger partial charge < -0.3 is 19.5 Å². The van der Waals surface area contributed by atoms with Crippen molar-refractivity contribution in [2.24, 2.45) is 0 Å². The predicted molar refractivity (Wildman–Crippen MR) is 130 cm³/mol. The normalized spacial score (nSPS) is 13.8. The third kappa shape index (κ3) is 5.61. The SMILES string of the molecule is COc1ccc(-c2nnc(C(=O)N3CCN(CCO)CC3)nc2-c2ccc(OC)cc2)cc1.Cl. The number of rotatable bonds is 7. The molecule has 1 saturated heterocycles. The third-order valence-corrected chi connectivity index (χ3v) is 5.68. The van der Waals surface area contributed by atoms with Gasteiger partial charge in [0.15, 0.2) is 0 Å². The minimum absolute atomic E-state index is 0. The Hall–Kier alpha value is -3.27. The number of methoxy groups -OCH3 is 2. The van der Waals surface area contributed by atoms with Crippen LogP contribution in [0.25, 0.3) is 22.5 Å². The van der Waals surface area contributed by atoms with E-state index in [2.05, 4.69) is 20.1 Å². The second-order valence-corrected chi connectivity index (χ2v) is 7.65. The van der Waals surface area contributed by atoms with E-state index < -0.39 is 0 Å². The van der Waals surface area contributed by atoms with Gasteiger partial charge in [-0.1, -0.05) is 0 Å². The van der Waals surface area contributed by atoms with Gasteiger partial charge in [-0.25, -0.2) is 4.98 Å². The molecule has 3 aromatic rings. The van der Waals surface area contributed by atoms with Crippen LogP contribution in [-0.4, -0.2) is 89.5 Å². The van der Waals surface area contributed by atoms with E-state index >= 15 is 0 Å². The Morgan fingerprint density at radius 3 is 1.88 bits per heavy atom. The van der Waals surface area contributed by atoms with Crippen molar-refractivity contribution in [2.75, 3.05) is 53.6 Å². The summed E-state index contributed by atoms with van der Waals surface area (Å²) < 4.78 is 10.5. The lowest BCUT2D eigenvalue weighted by molar-refractivity contribution is 0.0602. The monoisotopic (exact) mass is 485 g/mol. The number of amides is 1. The third-order valence-electron chi connectivity index (χ3n) is 5.68. The Morgan fingerprint density at radius 2 is 1.38 bits per heavy atom. The zero-order valence-electron chi connectivity index (χ0n) is 19.2. The number of piperazine rings is 1. The first kappa shape index (κ1) is 25.4. The molecule has 0 atom stereocenters. The maximum atomic E-state index is 13.1. The van der Waals surface area contributed by atoms with Crippen molar-refractivity contribution in [3.05, 3.63) is 54.4 Å². The molecule has 9 nitrogen and oxygen atoms in total. The van der Waals surface area contributed by atoms with E-state index in [0.717, 1.165) is 22.6 Å². The summed E-state index contributed by atoms with van der Waals surface area (Å²) in [5.74, 6) is 1.28. The molecule has 0 radical (unpaired) electrons. The molecule has 1 aliphatic heterocycles. The quantitative estimate of drug-likeness (QED) is 0.544. The van der Waals surface area contributed by atoms with Gasteiger partial charge in [0.25, 0.3) is 5.91 Å². The van der Waals surface area contributed by atoms with Gasteiger partial charge in [0.2, 0.25) is 5.82 Å². The first-order valence-corrected chi connectivity index (χ1v) is 10.8. The van der Waals surface area contributed by atoms with Crippen molar-refractivity contribution in [2.45, 2.75) is 0 Å². The number of halogens is 1. The van der Waals surface area contributed by atoms with Crippen LogP contribution in [0, 0.1) is 0 Å². The van der Waals surface area contributed by atoms with Crippen molar-refractivity contribution < 1.29 is 19.4 Å². The molecule has 2 heterocycles. The Balaban J connectivity index is 0.00000324. The van der Waals surface area contributed by atoms with E-state index in [1.54, 1.807) is 19.1 Å². The van der Waals surface area contributed by atoms with Crippen LogP contribution >= 0.6 is 12.4 Å². The summed E-state index contributed by atoms with van der Waals surface area (Å²) in [4.78, 5) is 21.6. The summed E-state index contributed by atoms with van der Waals surface area (Å²) in [5, 5.41) is 17.7. The van der Waals surface area contributed by atoms with E-state index in [1.807, 2.05) is 48.5 Å². The van der Waals surface area contributed by atoms with Gasteiger partial charge in [0, 0.05) is 43.9 Å². The number of benzene rings is 2. The summed E-state index contributed by atoms with van der Waals surface area (Å²) in [6.07, 6.45) is 0. The largest absolute Gasteiger partial charge is 0.497 e. The molecule has 4 rings (SSSR count). The number of aromatic nitrogens is 3. The second kappa shape index (κ2) is 11.7. The van der Waals surface area contributed by atoms with Gasteiger partial charge >= 0.3 is 0 Å². The fraction of sp³-hybridized carbons (Fsp3) is 0.333. The number of ether oxygens (including phenoxy) is 2. The zero-order chi connectivity index (χ0) is 23.2. The molecule has 34 heavy (non-hydrogen) atoms. The standard InChI is InChI=1S/C24H27N5O4.ClH/c1-32-19-7-3-17(4-8-19)21-22(18-5-9-20(33-2)10-6-18)26-27-23(25-21)24(31)29-13-11-28(12-14-29)15-16-30;/h3-10,30H,11-16H2,1-2H3;1H. The van der Waals surface area contributed by atoms with Crippen molar-refractivity contribution in [3.63, 3.8) is 0 Å². The molecule has 0 aliphatic carbocycles. The Morgan fingerprint density at radius 1 is 0.853 bits per heavy atom. The highest BCUT2D eigenvalue weighted by Gasteiger charge is 2.25. The summed E-state index contributed by atoms with van der Waals surface area (Å²) in [7, 11) is 3.23. The fourth-order valence-corrected chi connectivity index (χ4v) is 3.77. The van der Waals surface area contributed by atoms with Crippen LogP contribution in [-0.2, 0) is 0 Å². The van der Waals surface area contributed by atoms with Crippen LogP contribution < -0.4 is 9.47 Å². The highest BCUT2D eigenvalue weighted by molar-refractivity contribution is 5.92. The number of aliphatic hydroxyl groups excluding tert-OH is 1. The molecule has 180 valence electrons. The van der Waals surface area contributed by atoms with Gasteiger partial charge in [0.1, 0.15) is 22.9 Å². The highest BCUT2D eigenvalue weighted by atomic mass is 35.5. The highest BCUT2D eigenvalue weighted by Crippen LogP contribution is 2.30. The molecule has 2 aromatic carbocycles. The van der Waals surface area contributed by atoms with Crippen LogP contribution in [0.15, 0.2) is 48.5 Å². The van der Waals surface area contributed by atoms with Crippen LogP contribution in [0.1, 0.15) is 10.6 Å². The number of β-amino-alcohol motifs (C(OH)–C–C–N with tert-alkyl or cyclic N) is 1. The van der Waals surface area contributed by atoms with Crippen molar-refractivity contribution in [1.29, 1.82) is 0 Å². The number of carbonyl (C=O) groups excluding carboxylic acids is 1. The first-order valence-electron chi connectivity index (χ1n) is 10.8. The molecular formula is C24H28ClN5O4. The second-order valence-electron chi connectivity index (χ2n) is 7.65. The number of hydrogen-bond donors (Lipinski definition) is 1. The summed E-state index contributed by atoms with van der Waals surface area (Å²) >= 11 is 0. The smallest absolute Gasteiger partial charge is 0.293 e. The predicted octanol–water partition coefficient (Wildman–Crippen LogP) is 2.39. The van der Waals surface area contributed by atoms with Gasteiger partial charge in [-0.15, -0.1) is 22.6 Å². The average molecular weight is 486 g/mol. The number of hydrogen-bond acceptors (Lipinski definition) is 8. The van der Waals surface area contributed by atoms with Crippen LogP contribution in [0.5, 0.6) is 11.5 Å². The maximum Gasteiger partial charge on any atom is 0.293 e. The Labute approximate surface area is 204 Å². The zero-order valence-corrected chi connectivity index (χ0v) is 20.0. The molecule has 0 bridgehead atoms. The minimum atomic E-state index is -0.248. The molecule has 10 heteroatoms. The first-order chi connectivity index (χ1) is 16.1. The van der Waals surface area contributed by atoms with Crippen molar-refractivity contribution in [3.8, 4) is 34.0 Å². The number of carbonyl (C=O) groups is 1. The van der Waals surface area contributed by atoms with E-state index in [-0.39, 0.29) is 30.7 Å². The molecule has 1 amide bonds. The Bertz CT molecular complexity index is 1090. The van der Waals surface area contributed by atoms with Gasteiger partial charge in [-0.3, -0.25) is 9.69 Å². The summed E-state index contributed by atoms with van der Waals surface area (Å²) in [6, 6.07) is 14.9. The molecule has 1 fully saturated rings. The van der Waals surface area contributed by atoms with Crippen LogP contribution in [0.3, 0.4) is 0 Å². The molecular weight excluding hydrogens is 458 g/mol. The lowest BCUT2D eigenvalue weighted by Gasteiger charge is -2.33. The Kier molecular flexibility index (Phi) is 8.75. The summed E-state index contributed by atoms with van der Waals surface area (Å²) in [5.41, 5.74) is 2.77. The average Bonchev–Trinajstić information content (AvgIpc) is 2.89. The fourth-order valence-electron chi connectivity index (χ4n) is 3.77. The maximum absolute atomic E-state index is 13.1. The molecule has 1 aliphatic rings. The topological polar surface area (TPSA) is 101 Å².